The number of hydrogen-bond donors (Lipinski definition) is 0. The molecule has 0 amide bonds. The van der Waals surface area contributed by atoms with Crippen LogP contribution in [0, 0.1) is 13.8 Å². The molecule has 0 nitrogen and oxygen atoms in total. The van der Waals surface area contributed by atoms with Crippen molar-refractivity contribution in [3.05, 3.63) is 54.6 Å². The molecule has 0 aliphatic heterocycles. The van der Waals surface area contributed by atoms with E-state index in [1.807, 2.05) is 0 Å². The van der Waals surface area contributed by atoms with Gasteiger partial charge in [0.25, 0.3) is 0 Å². The summed E-state index contributed by atoms with van der Waals surface area (Å²) in [6.45, 7) is 4.29. The largest absolute Gasteiger partial charge is 0.126 e. The molecule has 0 bridgehead atoms. The molecule has 0 aliphatic rings. The lowest BCUT2D eigenvalue weighted by Crippen LogP contribution is -1.95. The minimum atomic E-state index is 0.205. The average molecular weight is 395 g/mol. The predicted molar refractivity (Wildman–Crippen MR) is 83.7 cm³/mol. The van der Waals surface area contributed by atoms with Gasteiger partial charge in [-0.1, -0.05) is 45.7 Å². The standard InChI is InChI=1S/C13H11Br2ClS/c1-7-4-3-5-9(8(7)2)12(15)11-6-10(14)13(16)17-11/h3-6,12H,1-2H3. The number of halogens is 3. The van der Waals surface area contributed by atoms with Crippen molar-refractivity contribution in [2.75, 3.05) is 0 Å². The molecule has 0 spiro atoms. The maximum Gasteiger partial charge on any atom is 0.107 e. The first-order valence-corrected chi connectivity index (χ1v) is 8.06. The highest BCUT2D eigenvalue weighted by atomic mass is 79.9. The Morgan fingerprint density at radius 1 is 1.29 bits per heavy atom. The second-order valence-corrected chi connectivity index (χ2v) is 7.38. The minimum Gasteiger partial charge on any atom is -0.126 e. The molecule has 90 valence electrons. The van der Waals surface area contributed by atoms with Crippen LogP contribution in [0.15, 0.2) is 28.7 Å². The summed E-state index contributed by atoms with van der Waals surface area (Å²) < 4.78 is 1.77. The number of alkyl halides is 1. The molecule has 0 radical (unpaired) electrons. The maximum absolute atomic E-state index is 6.08. The Kier molecular flexibility index (Phi) is 4.35. The fraction of sp³-hybridized carbons (Fsp3) is 0.231. The first-order valence-electron chi connectivity index (χ1n) is 5.15. The third-order valence-corrected chi connectivity index (χ3v) is 6.66. The summed E-state index contributed by atoms with van der Waals surface area (Å²) in [5.41, 5.74) is 3.94. The molecule has 2 rings (SSSR count). The van der Waals surface area contributed by atoms with Crippen molar-refractivity contribution < 1.29 is 0 Å². The zero-order valence-corrected chi connectivity index (χ0v) is 14.2. The monoisotopic (exact) mass is 392 g/mol. The van der Waals surface area contributed by atoms with E-state index in [1.54, 1.807) is 11.3 Å². The second-order valence-electron chi connectivity index (χ2n) is 3.92. The van der Waals surface area contributed by atoms with Gasteiger partial charge >= 0.3 is 0 Å². The van der Waals surface area contributed by atoms with Crippen LogP contribution in [0.4, 0.5) is 0 Å². The van der Waals surface area contributed by atoms with E-state index in [2.05, 4.69) is 70.0 Å². The fourth-order valence-electron chi connectivity index (χ4n) is 1.69. The third kappa shape index (κ3) is 2.78. The molecule has 0 N–H and O–H groups in total. The van der Waals surface area contributed by atoms with Gasteiger partial charge in [-0.15, -0.1) is 11.3 Å². The third-order valence-electron chi connectivity index (χ3n) is 2.83. The van der Waals surface area contributed by atoms with Crippen LogP contribution in [0.1, 0.15) is 26.4 Å². The van der Waals surface area contributed by atoms with Crippen molar-refractivity contribution >= 4 is 54.8 Å². The molecule has 1 unspecified atom stereocenters. The van der Waals surface area contributed by atoms with E-state index in [4.69, 9.17) is 11.6 Å². The maximum atomic E-state index is 6.08. The summed E-state index contributed by atoms with van der Waals surface area (Å²) in [6.07, 6.45) is 0. The second kappa shape index (κ2) is 5.43. The highest BCUT2D eigenvalue weighted by molar-refractivity contribution is 9.10. The Balaban J connectivity index is 2.43. The van der Waals surface area contributed by atoms with Gasteiger partial charge in [-0.2, -0.15) is 0 Å². The summed E-state index contributed by atoms with van der Waals surface area (Å²) in [5.74, 6) is 0. The van der Waals surface area contributed by atoms with Crippen molar-refractivity contribution in [1.82, 2.24) is 0 Å². The molecule has 1 aromatic heterocycles. The SMILES string of the molecule is Cc1cccc(C(Br)c2cc(Br)c(Cl)s2)c1C. The number of hydrogen-bond acceptors (Lipinski definition) is 1. The Morgan fingerprint density at radius 2 is 2.00 bits per heavy atom. The molecule has 2 aromatic rings. The van der Waals surface area contributed by atoms with Gasteiger partial charge in [0.15, 0.2) is 0 Å². The van der Waals surface area contributed by atoms with Gasteiger partial charge in [-0.25, -0.2) is 0 Å². The van der Waals surface area contributed by atoms with Gasteiger partial charge in [0, 0.05) is 9.35 Å². The fourth-order valence-corrected chi connectivity index (χ4v) is 4.33. The van der Waals surface area contributed by atoms with Crippen LogP contribution >= 0.6 is 54.8 Å². The molecule has 17 heavy (non-hydrogen) atoms. The lowest BCUT2D eigenvalue weighted by atomic mass is 10.0. The summed E-state index contributed by atoms with van der Waals surface area (Å²) in [5, 5.41) is 0. The van der Waals surface area contributed by atoms with E-state index in [0.29, 0.717) is 0 Å². The normalized spacial score (nSPS) is 12.8. The van der Waals surface area contributed by atoms with Crippen LogP contribution in [-0.2, 0) is 0 Å². The van der Waals surface area contributed by atoms with Crippen LogP contribution in [0.5, 0.6) is 0 Å². The molecule has 4 heteroatoms. The topological polar surface area (TPSA) is 0 Å². The zero-order chi connectivity index (χ0) is 12.6. The van der Waals surface area contributed by atoms with Gasteiger partial charge in [0.2, 0.25) is 0 Å². The number of aryl methyl sites for hydroxylation is 1. The molecule has 1 aromatic carbocycles. The smallest absolute Gasteiger partial charge is 0.107 e. The summed E-state index contributed by atoms with van der Waals surface area (Å²) in [6, 6.07) is 8.46. The van der Waals surface area contributed by atoms with E-state index < -0.39 is 0 Å². The van der Waals surface area contributed by atoms with Crippen molar-refractivity contribution in [2.24, 2.45) is 0 Å². The number of thiophene rings is 1. The highest BCUT2D eigenvalue weighted by Crippen LogP contribution is 2.42. The van der Waals surface area contributed by atoms with E-state index in [1.165, 1.54) is 21.6 Å². The van der Waals surface area contributed by atoms with Crippen molar-refractivity contribution in [2.45, 2.75) is 18.7 Å². The molecular formula is C13H11Br2ClS. The Morgan fingerprint density at radius 3 is 2.59 bits per heavy atom. The Bertz CT molecular complexity index is 529. The molecule has 1 atom stereocenters. The van der Waals surface area contributed by atoms with Crippen molar-refractivity contribution in [3.63, 3.8) is 0 Å². The van der Waals surface area contributed by atoms with Crippen LogP contribution < -0.4 is 0 Å². The van der Waals surface area contributed by atoms with Gasteiger partial charge < -0.3 is 0 Å². The molecule has 0 aliphatic carbocycles. The summed E-state index contributed by atoms with van der Waals surface area (Å²) in [7, 11) is 0. The first-order chi connectivity index (χ1) is 8.00. The lowest BCUT2D eigenvalue weighted by molar-refractivity contribution is 1.15. The summed E-state index contributed by atoms with van der Waals surface area (Å²) in [4.78, 5) is 1.42. The molecule has 0 saturated heterocycles. The number of benzene rings is 1. The minimum absolute atomic E-state index is 0.205. The van der Waals surface area contributed by atoms with Crippen molar-refractivity contribution in [3.8, 4) is 0 Å². The zero-order valence-electron chi connectivity index (χ0n) is 9.43. The van der Waals surface area contributed by atoms with Crippen LogP contribution in [0.2, 0.25) is 4.34 Å². The van der Waals surface area contributed by atoms with Crippen molar-refractivity contribution in [1.29, 1.82) is 0 Å². The van der Waals surface area contributed by atoms with Gasteiger partial charge in [0.1, 0.15) is 4.34 Å². The highest BCUT2D eigenvalue weighted by Gasteiger charge is 2.17. The van der Waals surface area contributed by atoms with Crippen LogP contribution in [0.25, 0.3) is 0 Å². The Labute approximate surface area is 127 Å². The molecule has 1 heterocycles. The van der Waals surface area contributed by atoms with Gasteiger partial charge in [-0.3, -0.25) is 0 Å². The number of rotatable bonds is 2. The van der Waals surface area contributed by atoms with Gasteiger partial charge in [-0.05, 0) is 52.5 Å². The van der Waals surface area contributed by atoms with Crippen LogP contribution in [0.3, 0.4) is 0 Å². The van der Waals surface area contributed by atoms with Crippen LogP contribution in [-0.4, -0.2) is 0 Å². The molecule has 0 fully saturated rings. The predicted octanol–water partition coefficient (Wildman–Crippen LogP) is 6.27. The van der Waals surface area contributed by atoms with E-state index in [9.17, 15) is 0 Å². The quantitative estimate of drug-likeness (QED) is 0.527. The molecule has 0 saturated carbocycles. The van der Waals surface area contributed by atoms with E-state index in [-0.39, 0.29) is 4.83 Å². The van der Waals surface area contributed by atoms with E-state index >= 15 is 0 Å². The Hall–Kier alpha value is 0.170. The summed E-state index contributed by atoms with van der Waals surface area (Å²) >= 11 is 14.9. The van der Waals surface area contributed by atoms with E-state index in [0.717, 1.165) is 8.81 Å². The van der Waals surface area contributed by atoms with Gasteiger partial charge in [0.05, 0.1) is 4.83 Å². The first kappa shape index (κ1) is 13.6. The average Bonchev–Trinajstić information content (AvgIpc) is 2.62. The molecular weight excluding hydrogens is 383 g/mol. The lowest BCUT2D eigenvalue weighted by Gasteiger charge is -2.13.